The number of alkyl halides is 3. The normalized spacial score (nSPS) is 17.1. The number of halogens is 4. The number of amidine groups is 1. The fourth-order valence-electron chi connectivity index (χ4n) is 2.95. The molecular weight excluding hydrogens is 378 g/mol. The van der Waals surface area contributed by atoms with Crippen LogP contribution in [0.3, 0.4) is 0 Å². The van der Waals surface area contributed by atoms with Crippen LogP contribution in [0.25, 0.3) is 0 Å². The van der Waals surface area contributed by atoms with Crippen LogP contribution in [-0.2, 0) is 15.7 Å². The molecule has 0 radical (unpaired) electrons. The molecule has 0 fully saturated rings. The molecule has 2 aromatic rings. The Morgan fingerprint density at radius 3 is 2.54 bits per heavy atom. The number of aliphatic imine (C=N–C) groups is 1. The van der Waals surface area contributed by atoms with Crippen molar-refractivity contribution in [1.29, 1.82) is 0 Å². The molecule has 146 valence electrons. The molecular formula is C19H15F4N3O2. The van der Waals surface area contributed by atoms with Crippen LogP contribution < -0.4 is 5.32 Å². The highest BCUT2D eigenvalue weighted by atomic mass is 19.4. The van der Waals surface area contributed by atoms with Gasteiger partial charge in [-0.25, -0.2) is 14.2 Å². The lowest BCUT2D eigenvalue weighted by Gasteiger charge is -2.27. The average molecular weight is 393 g/mol. The highest BCUT2D eigenvalue weighted by molar-refractivity contribution is 6.02. The lowest BCUT2D eigenvalue weighted by Crippen LogP contribution is -2.34. The smallest absolute Gasteiger partial charge is 0.416 e. The van der Waals surface area contributed by atoms with Crippen LogP contribution in [0, 0.1) is 5.82 Å². The standard InChI is InChI=1S/C19H15F4N3O2/c1-10-14(18(27)28-2)15(11-6-3-4-7-12(11)19(21,22)23)26-17(25-10)16-13(20)8-5-9-24-16/h3-9,15H,1-2H3,(H,25,26). The number of nitrogens with zero attached hydrogens (tertiary/aromatic N) is 2. The molecule has 0 bridgehead atoms. The number of nitrogens with one attached hydrogen (secondary N) is 1. The fraction of sp³-hybridized carbons (Fsp3) is 0.211. The van der Waals surface area contributed by atoms with Crippen LogP contribution in [-0.4, -0.2) is 23.9 Å². The number of hydrogen-bond donors (Lipinski definition) is 1. The number of esters is 1. The molecule has 9 heteroatoms. The molecule has 1 aliphatic heterocycles. The van der Waals surface area contributed by atoms with Crippen molar-refractivity contribution in [3.05, 3.63) is 76.5 Å². The Morgan fingerprint density at radius 2 is 1.89 bits per heavy atom. The number of pyridine rings is 1. The van der Waals surface area contributed by atoms with Crippen molar-refractivity contribution in [3.63, 3.8) is 0 Å². The van der Waals surface area contributed by atoms with Gasteiger partial charge in [0.15, 0.2) is 11.7 Å². The topological polar surface area (TPSA) is 63.6 Å². The first-order chi connectivity index (χ1) is 13.2. The van der Waals surface area contributed by atoms with Crippen LogP contribution in [0.4, 0.5) is 17.6 Å². The largest absolute Gasteiger partial charge is 0.466 e. The van der Waals surface area contributed by atoms with E-state index in [1.54, 1.807) is 0 Å². The first-order valence-electron chi connectivity index (χ1n) is 8.15. The summed E-state index contributed by atoms with van der Waals surface area (Å²) in [6.07, 6.45) is -3.33. The van der Waals surface area contributed by atoms with E-state index in [9.17, 15) is 22.4 Å². The molecule has 2 heterocycles. The van der Waals surface area contributed by atoms with Gasteiger partial charge in [0.05, 0.1) is 18.2 Å². The number of ether oxygens (including phenoxy) is 1. The van der Waals surface area contributed by atoms with Gasteiger partial charge in [0, 0.05) is 11.9 Å². The van der Waals surface area contributed by atoms with E-state index < -0.39 is 29.6 Å². The maximum absolute atomic E-state index is 14.2. The van der Waals surface area contributed by atoms with Gasteiger partial charge in [0.2, 0.25) is 0 Å². The van der Waals surface area contributed by atoms with Crippen molar-refractivity contribution >= 4 is 11.8 Å². The summed E-state index contributed by atoms with van der Waals surface area (Å²) < 4.78 is 59.5. The molecule has 5 nitrogen and oxygen atoms in total. The van der Waals surface area contributed by atoms with Gasteiger partial charge in [0.25, 0.3) is 0 Å². The second-order valence-electron chi connectivity index (χ2n) is 5.95. The summed E-state index contributed by atoms with van der Waals surface area (Å²) in [7, 11) is 1.12. The predicted octanol–water partition coefficient (Wildman–Crippen LogP) is 3.78. The first kappa shape index (κ1) is 19.5. The molecule has 1 atom stereocenters. The predicted molar refractivity (Wildman–Crippen MR) is 92.8 cm³/mol. The molecule has 0 amide bonds. The van der Waals surface area contributed by atoms with E-state index in [1.165, 1.54) is 37.4 Å². The minimum Gasteiger partial charge on any atom is -0.466 e. The Kier molecular flexibility index (Phi) is 5.17. The van der Waals surface area contributed by atoms with Crippen molar-refractivity contribution in [2.45, 2.75) is 19.1 Å². The van der Waals surface area contributed by atoms with Crippen LogP contribution in [0.2, 0.25) is 0 Å². The van der Waals surface area contributed by atoms with E-state index in [0.29, 0.717) is 0 Å². The third-order valence-corrected chi connectivity index (χ3v) is 4.19. The molecule has 0 spiro atoms. The highest BCUT2D eigenvalue weighted by Gasteiger charge is 2.39. The Morgan fingerprint density at radius 1 is 1.18 bits per heavy atom. The van der Waals surface area contributed by atoms with Crippen molar-refractivity contribution in [2.24, 2.45) is 4.99 Å². The fourth-order valence-corrected chi connectivity index (χ4v) is 2.95. The Bertz CT molecular complexity index is 983. The Labute approximate surface area is 157 Å². The van der Waals surface area contributed by atoms with E-state index >= 15 is 0 Å². The van der Waals surface area contributed by atoms with Crippen molar-refractivity contribution in [2.75, 3.05) is 7.11 Å². The Hall–Kier alpha value is -3.23. The van der Waals surface area contributed by atoms with Gasteiger partial charge in [-0.1, -0.05) is 18.2 Å². The van der Waals surface area contributed by atoms with Crippen molar-refractivity contribution in [1.82, 2.24) is 10.3 Å². The average Bonchev–Trinajstić information content (AvgIpc) is 2.66. The first-order valence-corrected chi connectivity index (χ1v) is 8.15. The molecule has 1 aliphatic rings. The summed E-state index contributed by atoms with van der Waals surface area (Å²) in [5.74, 6) is -1.62. The number of aromatic nitrogens is 1. The second-order valence-corrected chi connectivity index (χ2v) is 5.95. The van der Waals surface area contributed by atoms with E-state index in [4.69, 9.17) is 4.74 Å². The molecule has 1 aromatic heterocycles. The highest BCUT2D eigenvalue weighted by Crippen LogP contribution is 2.40. The molecule has 3 rings (SSSR count). The van der Waals surface area contributed by atoms with Gasteiger partial charge in [0.1, 0.15) is 11.7 Å². The summed E-state index contributed by atoms with van der Waals surface area (Å²) in [5.41, 5.74) is -1.26. The number of carbonyl (C=O) groups excluding carboxylic acids is 1. The molecule has 28 heavy (non-hydrogen) atoms. The van der Waals surface area contributed by atoms with Gasteiger partial charge < -0.3 is 10.1 Å². The van der Waals surface area contributed by atoms with Crippen molar-refractivity contribution in [3.8, 4) is 0 Å². The Balaban J connectivity index is 2.23. The number of carbonyl (C=O) groups is 1. The minimum absolute atomic E-state index is 0.0785. The number of hydrogen-bond acceptors (Lipinski definition) is 5. The van der Waals surface area contributed by atoms with Crippen LogP contribution in [0.15, 0.2) is 58.9 Å². The molecule has 1 unspecified atom stereocenters. The number of benzene rings is 1. The van der Waals surface area contributed by atoms with E-state index in [2.05, 4.69) is 15.3 Å². The summed E-state index contributed by atoms with van der Waals surface area (Å²) in [5, 5.41) is 2.74. The van der Waals surface area contributed by atoms with E-state index in [0.717, 1.165) is 19.2 Å². The second kappa shape index (κ2) is 7.41. The van der Waals surface area contributed by atoms with E-state index in [-0.39, 0.29) is 28.4 Å². The summed E-state index contributed by atoms with van der Waals surface area (Å²) >= 11 is 0. The monoisotopic (exact) mass is 393 g/mol. The quantitative estimate of drug-likeness (QED) is 0.637. The zero-order chi connectivity index (χ0) is 20.5. The van der Waals surface area contributed by atoms with Gasteiger partial charge in [-0.2, -0.15) is 13.2 Å². The molecule has 0 saturated carbocycles. The minimum atomic E-state index is -4.66. The summed E-state index contributed by atoms with van der Waals surface area (Å²) in [6, 6.07) is 5.96. The van der Waals surface area contributed by atoms with E-state index in [1.807, 2.05) is 0 Å². The lowest BCUT2D eigenvalue weighted by atomic mass is 9.92. The molecule has 0 aliphatic carbocycles. The zero-order valence-corrected chi connectivity index (χ0v) is 14.8. The van der Waals surface area contributed by atoms with Gasteiger partial charge in [-0.3, -0.25) is 4.99 Å². The molecule has 1 N–H and O–H groups in total. The van der Waals surface area contributed by atoms with Crippen LogP contribution in [0.1, 0.15) is 29.8 Å². The van der Waals surface area contributed by atoms with Crippen LogP contribution in [0.5, 0.6) is 0 Å². The maximum Gasteiger partial charge on any atom is 0.416 e. The van der Waals surface area contributed by atoms with Gasteiger partial charge in [-0.15, -0.1) is 0 Å². The SMILES string of the molecule is COC(=O)C1=C(C)NC(c2ncccc2F)=NC1c1ccccc1C(F)(F)F. The number of methoxy groups -OCH3 is 1. The van der Waals surface area contributed by atoms with Crippen LogP contribution >= 0.6 is 0 Å². The lowest BCUT2D eigenvalue weighted by molar-refractivity contribution is -0.139. The maximum atomic E-state index is 14.2. The zero-order valence-electron chi connectivity index (χ0n) is 14.8. The third-order valence-electron chi connectivity index (χ3n) is 4.19. The van der Waals surface area contributed by atoms with Gasteiger partial charge in [-0.05, 0) is 30.7 Å². The summed E-state index contributed by atoms with van der Waals surface area (Å²) in [4.78, 5) is 20.4. The molecule has 1 aromatic carbocycles. The summed E-state index contributed by atoms with van der Waals surface area (Å²) in [6.45, 7) is 1.48. The molecule has 0 saturated heterocycles. The third kappa shape index (κ3) is 3.60. The number of rotatable bonds is 3. The number of allylic oxidation sites excluding steroid dienone is 1. The van der Waals surface area contributed by atoms with Gasteiger partial charge >= 0.3 is 12.1 Å². The van der Waals surface area contributed by atoms with Crippen molar-refractivity contribution < 1.29 is 27.1 Å².